The Morgan fingerprint density at radius 1 is 1.07 bits per heavy atom. The Balaban J connectivity index is 2.15. The van der Waals surface area contributed by atoms with E-state index in [1.807, 2.05) is 24.3 Å². The molecule has 1 N–H and O–H groups in total. The zero-order chi connectivity index (χ0) is 19.9. The summed E-state index contributed by atoms with van der Waals surface area (Å²) in [5, 5.41) is 2.73. The van der Waals surface area contributed by atoms with E-state index in [1.54, 1.807) is 45.9 Å². The van der Waals surface area contributed by atoms with Crippen molar-refractivity contribution in [2.24, 2.45) is 0 Å². The van der Waals surface area contributed by atoms with Crippen molar-refractivity contribution >= 4 is 12.2 Å². The van der Waals surface area contributed by atoms with Crippen LogP contribution in [0, 0.1) is 0 Å². The van der Waals surface area contributed by atoms with E-state index >= 15 is 0 Å². The lowest BCUT2D eigenvalue weighted by atomic mass is 10.0. The second-order valence-corrected chi connectivity index (χ2v) is 6.66. The van der Waals surface area contributed by atoms with E-state index in [-0.39, 0.29) is 19.0 Å². The first-order chi connectivity index (χ1) is 12.8. The lowest BCUT2D eigenvalue weighted by molar-refractivity contribution is 0.0523. The normalized spacial score (nSPS) is 10.8. The molecule has 0 fully saturated rings. The monoisotopic (exact) mass is 372 g/mol. The zero-order valence-corrected chi connectivity index (χ0v) is 15.9. The smallest absolute Gasteiger partial charge is 0.444 e. The summed E-state index contributed by atoms with van der Waals surface area (Å²) in [6, 6.07) is 12.6. The first-order valence-electron chi connectivity index (χ1n) is 8.65. The van der Waals surface area contributed by atoms with E-state index in [2.05, 4.69) is 10.3 Å². The van der Waals surface area contributed by atoms with Crippen LogP contribution in [0.2, 0.25) is 0 Å². The predicted molar refractivity (Wildman–Crippen MR) is 100 cm³/mol. The molecule has 1 heterocycles. The van der Waals surface area contributed by atoms with Crippen molar-refractivity contribution in [2.45, 2.75) is 39.8 Å². The summed E-state index contributed by atoms with van der Waals surface area (Å²) in [5.41, 5.74) is 1.70. The standard InChI is InChI=1S/C20H24N2O5/c1-5-25-19(24)26-17-12-8-11-16(22-17)15-10-7-6-9-14(15)13-21-18(23)27-20(2,3)4/h6-12H,5,13H2,1-4H3,(H,21,23). The van der Waals surface area contributed by atoms with Crippen LogP contribution in [0.3, 0.4) is 0 Å². The molecule has 0 bridgehead atoms. The van der Waals surface area contributed by atoms with Crippen LogP contribution in [0.1, 0.15) is 33.3 Å². The Hall–Kier alpha value is -3.09. The minimum atomic E-state index is -0.804. The van der Waals surface area contributed by atoms with Crippen molar-refractivity contribution < 1.29 is 23.8 Å². The largest absolute Gasteiger partial charge is 0.515 e. The lowest BCUT2D eigenvalue weighted by Crippen LogP contribution is -2.32. The highest BCUT2D eigenvalue weighted by Crippen LogP contribution is 2.24. The van der Waals surface area contributed by atoms with Gasteiger partial charge in [0, 0.05) is 18.2 Å². The number of pyridine rings is 1. The molecule has 2 rings (SSSR count). The van der Waals surface area contributed by atoms with Gasteiger partial charge in [0.05, 0.1) is 12.3 Å². The fraction of sp³-hybridized carbons (Fsp3) is 0.350. The Kier molecular flexibility index (Phi) is 6.76. The summed E-state index contributed by atoms with van der Waals surface area (Å²) < 4.78 is 15.1. The van der Waals surface area contributed by atoms with Crippen LogP contribution in [-0.4, -0.2) is 29.4 Å². The van der Waals surface area contributed by atoms with Gasteiger partial charge in [-0.05, 0) is 39.3 Å². The minimum Gasteiger partial charge on any atom is -0.444 e. The van der Waals surface area contributed by atoms with Crippen LogP contribution >= 0.6 is 0 Å². The van der Waals surface area contributed by atoms with Crippen LogP contribution in [0.25, 0.3) is 11.3 Å². The molecule has 1 amide bonds. The van der Waals surface area contributed by atoms with Crippen LogP contribution < -0.4 is 10.1 Å². The van der Waals surface area contributed by atoms with Crippen molar-refractivity contribution in [2.75, 3.05) is 6.61 Å². The number of hydrogen-bond donors (Lipinski definition) is 1. The van der Waals surface area contributed by atoms with Gasteiger partial charge >= 0.3 is 12.2 Å². The number of benzene rings is 1. The molecule has 0 saturated heterocycles. The molecular weight excluding hydrogens is 348 g/mol. The maximum atomic E-state index is 11.9. The van der Waals surface area contributed by atoms with Gasteiger partial charge in [-0.2, -0.15) is 0 Å². The highest BCUT2D eigenvalue weighted by molar-refractivity contribution is 5.70. The molecule has 0 unspecified atom stereocenters. The molecule has 1 aromatic carbocycles. The molecule has 2 aromatic rings. The van der Waals surface area contributed by atoms with Gasteiger partial charge in [0.25, 0.3) is 0 Å². The van der Waals surface area contributed by atoms with E-state index in [9.17, 15) is 9.59 Å². The Morgan fingerprint density at radius 2 is 1.81 bits per heavy atom. The van der Waals surface area contributed by atoms with E-state index < -0.39 is 17.8 Å². The van der Waals surface area contributed by atoms with Crippen LogP contribution in [0.5, 0.6) is 5.88 Å². The quantitative estimate of drug-likeness (QED) is 0.787. The first-order valence-corrected chi connectivity index (χ1v) is 8.65. The zero-order valence-electron chi connectivity index (χ0n) is 15.9. The van der Waals surface area contributed by atoms with Crippen molar-refractivity contribution in [3.8, 4) is 17.1 Å². The van der Waals surface area contributed by atoms with Gasteiger partial charge in [0.2, 0.25) is 5.88 Å². The van der Waals surface area contributed by atoms with Crippen LogP contribution in [0.15, 0.2) is 42.5 Å². The summed E-state index contributed by atoms with van der Waals surface area (Å²) in [6.45, 7) is 7.60. The molecule has 0 atom stereocenters. The number of rotatable bonds is 5. The first kappa shape index (κ1) is 20.2. The second-order valence-electron chi connectivity index (χ2n) is 6.66. The van der Waals surface area contributed by atoms with Crippen molar-refractivity contribution in [3.05, 3.63) is 48.0 Å². The molecule has 7 nitrogen and oxygen atoms in total. The summed E-state index contributed by atoms with van der Waals surface area (Å²) in [5.74, 6) is 0.140. The van der Waals surface area contributed by atoms with Crippen molar-refractivity contribution in [3.63, 3.8) is 0 Å². The highest BCUT2D eigenvalue weighted by atomic mass is 16.7. The number of ether oxygens (including phenoxy) is 3. The summed E-state index contributed by atoms with van der Waals surface area (Å²) in [7, 11) is 0. The third kappa shape index (κ3) is 6.62. The number of carbonyl (C=O) groups excluding carboxylic acids is 2. The molecule has 0 aliphatic heterocycles. The molecule has 0 radical (unpaired) electrons. The van der Waals surface area contributed by atoms with Crippen LogP contribution in [-0.2, 0) is 16.0 Å². The molecule has 0 spiro atoms. The Bertz CT molecular complexity index is 799. The van der Waals surface area contributed by atoms with Gasteiger partial charge in [-0.3, -0.25) is 0 Å². The number of carbonyl (C=O) groups is 2. The maximum absolute atomic E-state index is 11.9. The van der Waals surface area contributed by atoms with E-state index in [4.69, 9.17) is 14.2 Å². The second kappa shape index (κ2) is 9.02. The molecule has 144 valence electrons. The van der Waals surface area contributed by atoms with Gasteiger partial charge in [0.15, 0.2) is 0 Å². The van der Waals surface area contributed by atoms with Gasteiger partial charge in [-0.25, -0.2) is 14.6 Å². The molecule has 7 heteroatoms. The van der Waals surface area contributed by atoms with Gasteiger partial charge < -0.3 is 19.5 Å². The number of aromatic nitrogens is 1. The third-order valence-electron chi connectivity index (χ3n) is 3.29. The maximum Gasteiger partial charge on any atom is 0.515 e. The van der Waals surface area contributed by atoms with E-state index in [0.29, 0.717) is 5.69 Å². The lowest BCUT2D eigenvalue weighted by Gasteiger charge is -2.20. The molecular formula is C20H24N2O5. The topological polar surface area (TPSA) is 86.8 Å². The highest BCUT2D eigenvalue weighted by Gasteiger charge is 2.16. The molecule has 0 aliphatic carbocycles. The molecule has 1 aromatic heterocycles. The Morgan fingerprint density at radius 3 is 2.52 bits per heavy atom. The summed E-state index contributed by atoms with van der Waals surface area (Å²) in [4.78, 5) is 27.7. The fourth-order valence-corrected chi connectivity index (χ4v) is 2.26. The average molecular weight is 372 g/mol. The third-order valence-corrected chi connectivity index (χ3v) is 3.29. The molecule has 0 aliphatic rings. The number of amides is 1. The number of alkyl carbamates (subject to hydrolysis) is 1. The summed E-state index contributed by atoms with van der Waals surface area (Å²) >= 11 is 0. The minimum absolute atomic E-state index is 0.140. The number of nitrogens with one attached hydrogen (secondary N) is 1. The SMILES string of the molecule is CCOC(=O)Oc1cccc(-c2ccccc2CNC(=O)OC(C)(C)C)n1. The van der Waals surface area contributed by atoms with Gasteiger partial charge in [-0.1, -0.05) is 30.3 Å². The Labute approximate surface area is 158 Å². The van der Waals surface area contributed by atoms with Crippen molar-refractivity contribution in [1.82, 2.24) is 10.3 Å². The summed E-state index contributed by atoms with van der Waals surface area (Å²) in [6.07, 6.45) is -1.30. The van der Waals surface area contributed by atoms with E-state index in [0.717, 1.165) is 11.1 Å². The average Bonchev–Trinajstić information content (AvgIpc) is 2.59. The van der Waals surface area contributed by atoms with Crippen LogP contribution in [0.4, 0.5) is 9.59 Å². The van der Waals surface area contributed by atoms with Crippen molar-refractivity contribution in [1.29, 1.82) is 0 Å². The van der Waals surface area contributed by atoms with Gasteiger partial charge in [0.1, 0.15) is 5.60 Å². The fourth-order valence-electron chi connectivity index (χ4n) is 2.26. The number of nitrogens with zero attached hydrogens (tertiary/aromatic N) is 1. The molecule has 0 saturated carbocycles. The molecule has 27 heavy (non-hydrogen) atoms. The predicted octanol–water partition coefficient (Wildman–Crippen LogP) is 4.31. The van der Waals surface area contributed by atoms with Gasteiger partial charge in [-0.15, -0.1) is 0 Å². The van der Waals surface area contributed by atoms with E-state index in [1.165, 1.54) is 0 Å². The number of hydrogen-bond acceptors (Lipinski definition) is 6.